The van der Waals surface area contributed by atoms with Gasteiger partial charge in [-0.1, -0.05) is 11.6 Å². The first kappa shape index (κ1) is 27.8. The topological polar surface area (TPSA) is 140 Å². The standard InChI is InChI=1S/C25H30BrClN4O6/c1-36-20-9-15-18(28-13-29-25(15)30-14-4-5-16(26)17(27)8-14)10-21(20)37-22(12-33)24(35)23(34)19(11-32)31-6-2-3-7-31/h4-5,8-10,13,19,22-24,32-35H,2-3,6-7,11-12H2,1H3,(H,28,29,30)/t19-,22-,23+,24+/m0/s1. The van der Waals surface area contributed by atoms with E-state index in [1.165, 1.54) is 13.4 Å². The fraction of sp³-hybridized carbons (Fsp3) is 0.440. The van der Waals surface area contributed by atoms with Gasteiger partial charge in [0.15, 0.2) is 17.6 Å². The summed E-state index contributed by atoms with van der Waals surface area (Å²) in [5, 5.41) is 45.9. The highest BCUT2D eigenvalue weighted by molar-refractivity contribution is 9.10. The zero-order chi connectivity index (χ0) is 26.5. The molecule has 1 fully saturated rings. The van der Waals surface area contributed by atoms with Crippen molar-refractivity contribution in [3.05, 3.63) is 46.2 Å². The van der Waals surface area contributed by atoms with E-state index in [9.17, 15) is 20.4 Å². The van der Waals surface area contributed by atoms with Gasteiger partial charge in [0.2, 0.25) is 0 Å². The molecule has 0 aliphatic carbocycles. The van der Waals surface area contributed by atoms with Crippen molar-refractivity contribution in [1.29, 1.82) is 0 Å². The zero-order valence-corrected chi connectivity index (χ0v) is 22.6. The first-order valence-corrected chi connectivity index (χ1v) is 13.1. The van der Waals surface area contributed by atoms with Crippen molar-refractivity contribution in [2.75, 3.05) is 38.7 Å². The zero-order valence-electron chi connectivity index (χ0n) is 20.2. The summed E-state index contributed by atoms with van der Waals surface area (Å²) in [4.78, 5) is 10.6. The smallest absolute Gasteiger partial charge is 0.164 e. The largest absolute Gasteiger partial charge is 0.493 e. The molecule has 4 atom stereocenters. The Morgan fingerprint density at radius 1 is 1.05 bits per heavy atom. The second-order valence-corrected chi connectivity index (χ2v) is 10.1. The van der Waals surface area contributed by atoms with Crippen LogP contribution in [0.1, 0.15) is 12.8 Å². The lowest BCUT2D eigenvalue weighted by atomic mass is 10.0. The molecule has 0 spiro atoms. The minimum atomic E-state index is -1.46. The summed E-state index contributed by atoms with van der Waals surface area (Å²) in [6, 6.07) is 8.06. The second-order valence-electron chi connectivity index (χ2n) is 8.81. The van der Waals surface area contributed by atoms with E-state index in [0.29, 0.717) is 27.5 Å². The van der Waals surface area contributed by atoms with E-state index in [-0.39, 0.29) is 12.4 Å². The van der Waals surface area contributed by atoms with Crippen LogP contribution in [0.25, 0.3) is 10.9 Å². The maximum atomic E-state index is 10.9. The van der Waals surface area contributed by atoms with Crippen LogP contribution in [0.4, 0.5) is 11.5 Å². The van der Waals surface area contributed by atoms with Crippen molar-refractivity contribution in [2.45, 2.75) is 37.2 Å². The number of rotatable bonds is 11. The van der Waals surface area contributed by atoms with Gasteiger partial charge in [-0.2, -0.15) is 0 Å². The van der Waals surface area contributed by atoms with Crippen LogP contribution in [0, 0.1) is 0 Å². The van der Waals surface area contributed by atoms with E-state index in [2.05, 4.69) is 31.2 Å². The highest BCUT2D eigenvalue weighted by Crippen LogP contribution is 2.36. The summed E-state index contributed by atoms with van der Waals surface area (Å²) in [5.41, 5.74) is 1.25. The Hall–Kier alpha value is -2.25. The molecule has 1 aliphatic heterocycles. The molecular formula is C25H30BrClN4O6. The molecular weight excluding hydrogens is 568 g/mol. The molecule has 0 bridgehead atoms. The Balaban J connectivity index is 1.59. The molecule has 3 aromatic rings. The van der Waals surface area contributed by atoms with E-state index in [4.69, 9.17) is 21.1 Å². The third-order valence-electron chi connectivity index (χ3n) is 6.48. The van der Waals surface area contributed by atoms with Crippen LogP contribution in [0.2, 0.25) is 5.02 Å². The quantitative estimate of drug-likeness (QED) is 0.224. The molecule has 1 aliphatic rings. The number of anilines is 2. The van der Waals surface area contributed by atoms with Gasteiger partial charge in [0, 0.05) is 21.6 Å². The highest BCUT2D eigenvalue weighted by atomic mass is 79.9. The Kier molecular flexibility index (Phi) is 9.41. The SMILES string of the molecule is COc1cc2c(Nc3ccc(Br)c(Cl)c3)ncnc2cc1O[C@@H](CO)[C@@H](O)[C@H](O)[C@H](CO)N1CCCC1. The molecule has 4 rings (SSSR count). The normalized spacial score (nSPS) is 17.4. The molecule has 2 aromatic carbocycles. The van der Waals surface area contributed by atoms with Crippen molar-refractivity contribution in [3.63, 3.8) is 0 Å². The minimum Gasteiger partial charge on any atom is -0.493 e. The van der Waals surface area contributed by atoms with Crippen molar-refractivity contribution in [3.8, 4) is 11.5 Å². The van der Waals surface area contributed by atoms with E-state index >= 15 is 0 Å². The summed E-state index contributed by atoms with van der Waals surface area (Å²) in [6.45, 7) is 0.547. The molecule has 10 nitrogen and oxygen atoms in total. The number of benzene rings is 2. The number of likely N-dealkylation sites (tertiary alicyclic amines) is 1. The van der Waals surface area contributed by atoms with Crippen LogP contribution in [-0.2, 0) is 0 Å². The predicted molar refractivity (Wildman–Crippen MR) is 144 cm³/mol. The van der Waals surface area contributed by atoms with E-state index in [0.717, 1.165) is 36.1 Å². The lowest BCUT2D eigenvalue weighted by Crippen LogP contribution is -2.54. The number of aliphatic hydroxyl groups excluding tert-OH is 4. The molecule has 37 heavy (non-hydrogen) atoms. The van der Waals surface area contributed by atoms with E-state index in [1.807, 2.05) is 17.0 Å². The van der Waals surface area contributed by atoms with Crippen molar-refractivity contribution < 1.29 is 29.9 Å². The predicted octanol–water partition coefficient (Wildman–Crippen LogP) is 2.72. The van der Waals surface area contributed by atoms with Gasteiger partial charge in [-0.15, -0.1) is 0 Å². The molecule has 12 heteroatoms. The van der Waals surface area contributed by atoms with E-state index in [1.54, 1.807) is 18.2 Å². The Labute approximate surface area is 228 Å². The molecule has 1 saturated heterocycles. The minimum absolute atomic E-state index is 0.221. The van der Waals surface area contributed by atoms with Crippen molar-refractivity contribution >= 4 is 49.9 Å². The van der Waals surface area contributed by atoms with Crippen LogP contribution >= 0.6 is 27.5 Å². The van der Waals surface area contributed by atoms with Crippen LogP contribution < -0.4 is 14.8 Å². The average Bonchev–Trinajstić information content (AvgIpc) is 3.43. The third kappa shape index (κ3) is 6.26. The molecule has 1 aromatic heterocycles. The number of fused-ring (bicyclic) bond motifs is 1. The van der Waals surface area contributed by atoms with E-state index < -0.39 is 31.0 Å². The number of nitrogens with zero attached hydrogens (tertiary/aromatic N) is 3. The summed E-state index contributed by atoms with van der Waals surface area (Å²) < 4.78 is 12.2. The lowest BCUT2D eigenvalue weighted by molar-refractivity contribution is -0.100. The molecule has 0 unspecified atom stereocenters. The summed E-state index contributed by atoms with van der Waals surface area (Å²) in [6.07, 6.45) is -0.661. The number of aliphatic hydroxyl groups is 4. The molecule has 2 heterocycles. The third-order valence-corrected chi connectivity index (χ3v) is 7.72. The van der Waals surface area contributed by atoms with Gasteiger partial charge in [0.25, 0.3) is 0 Å². The Bertz CT molecular complexity index is 1220. The summed E-state index contributed by atoms with van der Waals surface area (Å²) in [5.74, 6) is 1.05. The van der Waals surface area contributed by atoms with Gasteiger partial charge >= 0.3 is 0 Å². The number of methoxy groups -OCH3 is 1. The highest BCUT2D eigenvalue weighted by Gasteiger charge is 2.37. The van der Waals surface area contributed by atoms with Crippen LogP contribution in [0.15, 0.2) is 41.1 Å². The van der Waals surface area contributed by atoms with Crippen LogP contribution in [-0.4, -0.2) is 93.1 Å². The van der Waals surface area contributed by atoms with Gasteiger partial charge in [-0.3, -0.25) is 4.90 Å². The Morgan fingerprint density at radius 2 is 1.81 bits per heavy atom. The van der Waals surface area contributed by atoms with Crippen molar-refractivity contribution in [2.24, 2.45) is 0 Å². The maximum absolute atomic E-state index is 10.9. The second kappa shape index (κ2) is 12.5. The fourth-order valence-electron chi connectivity index (χ4n) is 4.46. The number of aromatic nitrogens is 2. The van der Waals surface area contributed by atoms with Gasteiger partial charge < -0.3 is 35.2 Å². The van der Waals surface area contributed by atoms with Gasteiger partial charge in [-0.25, -0.2) is 9.97 Å². The number of halogens is 2. The monoisotopic (exact) mass is 596 g/mol. The number of hydrogen-bond acceptors (Lipinski definition) is 10. The maximum Gasteiger partial charge on any atom is 0.164 e. The first-order valence-electron chi connectivity index (χ1n) is 11.9. The number of hydrogen-bond donors (Lipinski definition) is 5. The van der Waals surface area contributed by atoms with Gasteiger partial charge in [0.05, 0.1) is 36.9 Å². The fourth-order valence-corrected chi connectivity index (χ4v) is 4.89. The first-order chi connectivity index (χ1) is 17.9. The lowest BCUT2D eigenvalue weighted by Gasteiger charge is -2.35. The number of nitrogens with one attached hydrogen (secondary N) is 1. The van der Waals surface area contributed by atoms with Crippen LogP contribution in [0.5, 0.6) is 11.5 Å². The molecule has 5 N–H and O–H groups in total. The summed E-state index contributed by atoms with van der Waals surface area (Å²) in [7, 11) is 1.47. The molecule has 0 saturated carbocycles. The molecule has 0 amide bonds. The molecule has 0 radical (unpaired) electrons. The van der Waals surface area contributed by atoms with Gasteiger partial charge in [0.1, 0.15) is 24.4 Å². The number of ether oxygens (including phenoxy) is 2. The molecule has 200 valence electrons. The Morgan fingerprint density at radius 3 is 2.46 bits per heavy atom. The van der Waals surface area contributed by atoms with Gasteiger partial charge in [-0.05, 0) is 66.1 Å². The van der Waals surface area contributed by atoms with Crippen molar-refractivity contribution in [1.82, 2.24) is 14.9 Å². The summed E-state index contributed by atoms with van der Waals surface area (Å²) >= 11 is 9.58. The average molecular weight is 598 g/mol. The van der Waals surface area contributed by atoms with Crippen LogP contribution in [0.3, 0.4) is 0 Å².